The van der Waals surface area contributed by atoms with Crippen molar-refractivity contribution in [2.75, 3.05) is 4.72 Å². The summed E-state index contributed by atoms with van der Waals surface area (Å²) in [6.07, 6.45) is 0. The van der Waals surface area contributed by atoms with Crippen LogP contribution >= 0.6 is 0 Å². The molecular formula is C23H21NO6S. The predicted molar refractivity (Wildman–Crippen MR) is 116 cm³/mol. The van der Waals surface area contributed by atoms with E-state index in [1.165, 1.54) is 42.5 Å². The van der Waals surface area contributed by atoms with Crippen LogP contribution in [0.15, 0.2) is 77.7 Å². The molecule has 3 aromatic carbocycles. The summed E-state index contributed by atoms with van der Waals surface area (Å²) in [5, 5.41) is 9.28. The van der Waals surface area contributed by atoms with Crippen molar-refractivity contribution in [2.24, 2.45) is 0 Å². The Morgan fingerprint density at radius 1 is 0.903 bits per heavy atom. The van der Waals surface area contributed by atoms with Crippen LogP contribution < -0.4 is 9.46 Å². The second kappa shape index (κ2) is 9.01. The zero-order chi connectivity index (χ0) is 22.6. The molecule has 0 aliphatic heterocycles. The zero-order valence-corrected chi connectivity index (χ0v) is 17.7. The first kappa shape index (κ1) is 22.0. The van der Waals surface area contributed by atoms with Crippen molar-refractivity contribution in [1.29, 1.82) is 0 Å². The fourth-order valence-electron chi connectivity index (χ4n) is 2.89. The SMILES string of the molecule is CC(C)c1cccc(S(=O)(=O)Nc2ccccc2OC(=O)c2ccccc2C(=O)O)c1. The van der Waals surface area contributed by atoms with E-state index in [1.807, 2.05) is 19.9 Å². The molecule has 0 saturated carbocycles. The van der Waals surface area contributed by atoms with Crippen LogP contribution in [0.1, 0.15) is 46.0 Å². The molecule has 0 amide bonds. The highest BCUT2D eigenvalue weighted by atomic mass is 32.2. The maximum absolute atomic E-state index is 12.9. The van der Waals surface area contributed by atoms with Gasteiger partial charge in [-0.05, 0) is 47.9 Å². The minimum Gasteiger partial charge on any atom is -0.478 e. The van der Waals surface area contributed by atoms with Gasteiger partial charge in [0.25, 0.3) is 10.0 Å². The van der Waals surface area contributed by atoms with E-state index in [-0.39, 0.29) is 33.4 Å². The van der Waals surface area contributed by atoms with E-state index >= 15 is 0 Å². The van der Waals surface area contributed by atoms with Gasteiger partial charge in [-0.1, -0.05) is 50.2 Å². The number of hydrogen-bond acceptors (Lipinski definition) is 5. The Balaban J connectivity index is 1.90. The number of carbonyl (C=O) groups is 2. The number of carbonyl (C=O) groups excluding carboxylic acids is 1. The summed E-state index contributed by atoms with van der Waals surface area (Å²) >= 11 is 0. The lowest BCUT2D eigenvalue weighted by molar-refractivity contribution is 0.0668. The van der Waals surface area contributed by atoms with Crippen molar-refractivity contribution in [1.82, 2.24) is 0 Å². The molecule has 0 radical (unpaired) electrons. The molecule has 3 rings (SSSR count). The van der Waals surface area contributed by atoms with E-state index in [9.17, 15) is 23.1 Å². The lowest BCUT2D eigenvalue weighted by Gasteiger charge is -2.14. The second-order valence-corrected chi connectivity index (χ2v) is 8.75. The molecule has 0 aliphatic carbocycles. The predicted octanol–water partition coefficient (Wildman–Crippen LogP) is 4.53. The van der Waals surface area contributed by atoms with Gasteiger partial charge in [0.2, 0.25) is 0 Å². The van der Waals surface area contributed by atoms with Gasteiger partial charge in [0, 0.05) is 0 Å². The van der Waals surface area contributed by atoms with Crippen LogP contribution in [0.5, 0.6) is 5.75 Å². The summed E-state index contributed by atoms with van der Waals surface area (Å²) in [4.78, 5) is 24.0. The third kappa shape index (κ3) is 5.10. The minimum atomic E-state index is -3.95. The minimum absolute atomic E-state index is 0.0451. The normalized spacial score (nSPS) is 11.2. The van der Waals surface area contributed by atoms with Gasteiger partial charge in [-0.3, -0.25) is 4.72 Å². The molecule has 0 bridgehead atoms. The van der Waals surface area contributed by atoms with Gasteiger partial charge in [0.15, 0.2) is 5.75 Å². The van der Waals surface area contributed by atoms with Crippen LogP contribution in [0.2, 0.25) is 0 Å². The topological polar surface area (TPSA) is 110 Å². The number of esters is 1. The third-order valence-corrected chi connectivity index (χ3v) is 5.91. The summed E-state index contributed by atoms with van der Waals surface area (Å²) in [6.45, 7) is 3.92. The third-order valence-electron chi connectivity index (χ3n) is 4.55. The Bertz CT molecular complexity index is 1230. The average Bonchev–Trinajstić information content (AvgIpc) is 2.75. The molecule has 8 heteroatoms. The van der Waals surface area contributed by atoms with E-state index in [1.54, 1.807) is 24.3 Å². The molecule has 0 unspecified atom stereocenters. The number of aromatic carboxylic acids is 1. The van der Waals surface area contributed by atoms with Gasteiger partial charge in [-0.2, -0.15) is 0 Å². The van der Waals surface area contributed by atoms with Gasteiger partial charge in [-0.15, -0.1) is 0 Å². The van der Waals surface area contributed by atoms with Crippen molar-refractivity contribution in [3.8, 4) is 5.75 Å². The van der Waals surface area contributed by atoms with Gasteiger partial charge in [-0.25, -0.2) is 18.0 Å². The van der Waals surface area contributed by atoms with Crippen LogP contribution in [0.25, 0.3) is 0 Å². The first-order valence-electron chi connectivity index (χ1n) is 9.45. The lowest BCUT2D eigenvalue weighted by atomic mass is 10.0. The van der Waals surface area contributed by atoms with Crippen LogP contribution in [0, 0.1) is 0 Å². The molecule has 0 heterocycles. The van der Waals surface area contributed by atoms with Crippen molar-refractivity contribution in [3.63, 3.8) is 0 Å². The smallest absolute Gasteiger partial charge is 0.344 e. The lowest BCUT2D eigenvalue weighted by Crippen LogP contribution is -2.17. The van der Waals surface area contributed by atoms with Crippen molar-refractivity contribution in [3.05, 3.63) is 89.5 Å². The Morgan fingerprint density at radius 3 is 2.23 bits per heavy atom. The average molecular weight is 439 g/mol. The number of benzene rings is 3. The highest BCUT2D eigenvalue weighted by Crippen LogP contribution is 2.28. The Kier molecular flexibility index (Phi) is 6.41. The number of carboxylic acids is 1. The summed E-state index contributed by atoms with van der Waals surface area (Å²) in [5.74, 6) is -2.08. The molecule has 160 valence electrons. The first-order chi connectivity index (χ1) is 14.7. The molecule has 31 heavy (non-hydrogen) atoms. The molecule has 0 atom stereocenters. The highest BCUT2D eigenvalue weighted by Gasteiger charge is 2.21. The van der Waals surface area contributed by atoms with Crippen LogP contribution in [-0.2, 0) is 10.0 Å². The molecular weight excluding hydrogens is 418 g/mol. The van der Waals surface area contributed by atoms with E-state index in [0.29, 0.717) is 0 Å². The molecule has 0 spiro atoms. The number of hydrogen-bond donors (Lipinski definition) is 2. The van der Waals surface area contributed by atoms with E-state index in [4.69, 9.17) is 4.74 Å². The molecule has 7 nitrogen and oxygen atoms in total. The Labute approximate surface area is 180 Å². The zero-order valence-electron chi connectivity index (χ0n) is 16.9. The number of rotatable bonds is 7. The summed E-state index contributed by atoms with van der Waals surface area (Å²) in [6, 6.07) is 18.2. The van der Waals surface area contributed by atoms with E-state index < -0.39 is 22.0 Å². The van der Waals surface area contributed by atoms with Crippen LogP contribution in [0.3, 0.4) is 0 Å². The van der Waals surface area contributed by atoms with Crippen molar-refractivity contribution < 1.29 is 27.9 Å². The van der Waals surface area contributed by atoms with Crippen molar-refractivity contribution >= 4 is 27.6 Å². The second-order valence-electron chi connectivity index (χ2n) is 7.07. The fraction of sp³-hybridized carbons (Fsp3) is 0.130. The summed E-state index contributed by atoms with van der Waals surface area (Å²) in [7, 11) is -3.95. The largest absolute Gasteiger partial charge is 0.478 e. The Morgan fingerprint density at radius 2 is 1.55 bits per heavy atom. The molecule has 0 aliphatic rings. The first-order valence-corrected chi connectivity index (χ1v) is 10.9. The van der Waals surface area contributed by atoms with E-state index in [2.05, 4.69) is 4.72 Å². The van der Waals surface area contributed by atoms with Crippen LogP contribution in [0.4, 0.5) is 5.69 Å². The van der Waals surface area contributed by atoms with Crippen LogP contribution in [-0.4, -0.2) is 25.5 Å². The summed E-state index contributed by atoms with van der Waals surface area (Å²) in [5.41, 5.74) is 0.569. The number of para-hydroxylation sites is 2. The maximum Gasteiger partial charge on any atom is 0.344 e. The molecule has 0 saturated heterocycles. The number of sulfonamides is 1. The number of anilines is 1. The molecule has 2 N–H and O–H groups in total. The molecule has 0 aromatic heterocycles. The Hall–Kier alpha value is -3.65. The maximum atomic E-state index is 12.9. The van der Waals surface area contributed by atoms with Crippen molar-refractivity contribution in [2.45, 2.75) is 24.7 Å². The van der Waals surface area contributed by atoms with E-state index in [0.717, 1.165) is 5.56 Å². The number of carboxylic acid groups (broad SMARTS) is 1. The number of nitrogens with one attached hydrogen (secondary N) is 1. The van der Waals surface area contributed by atoms with Gasteiger partial charge >= 0.3 is 11.9 Å². The fourth-order valence-corrected chi connectivity index (χ4v) is 4.01. The molecule has 3 aromatic rings. The standard InChI is InChI=1S/C23H21NO6S/c1-15(2)16-8-7-9-17(14-16)31(28,29)24-20-12-5-6-13-21(20)30-23(27)19-11-4-3-10-18(19)22(25)26/h3-15,24H,1-2H3,(H,25,26). The van der Waals surface area contributed by atoms with Gasteiger partial charge < -0.3 is 9.84 Å². The van der Waals surface area contributed by atoms with Gasteiger partial charge in [0.1, 0.15) is 0 Å². The monoisotopic (exact) mass is 439 g/mol. The highest BCUT2D eigenvalue weighted by molar-refractivity contribution is 7.92. The quantitative estimate of drug-likeness (QED) is 0.413. The molecule has 0 fully saturated rings. The number of ether oxygens (including phenoxy) is 1. The summed E-state index contributed by atoms with van der Waals surface area (Å²) < 4.78 is 33.6. The van der Waals surface area contributed by atoms with Gasteiger partial charge in [0.05, 0.1) is 21.7 Å².